The molecular formula is C13H19N3O2. The van der Waals surface area contributed by atoms with E-state index < -0.39 is 0 Å². The molecule has 2 N–H and O–H groups in total. The first-order valence-corrected chi connectivity index (χ1v) is 6.28. The molecule has 0 spiro atoms. The van der Waals surface area contributed by atoms with E-state index in [-0.39, 0.29) is 11.9 Å². The molecule has 1 unspecified atom stereocenters. The molecule has 5 nitrogen and oxygen atoms in total. The van der Waals surface area contributed by atoms with Crippen LogP contribution in [0.25, 0.3) is 0 Å². The second kappa shape index (κ2) is 5.82. The number of amides is 1. The number of aromatic nitrogens is 1. The van der Waals surface area contributed by atoms with Crippen molar-refractivity contribution in [2.24, 2.45) is 0 Å². The average Bonchev–Trinajstić information content (AvgIpc) is 2.97. The Morgan fingerprint density at radius 2 is 2.44 bits per heavy atom. The van der Waals surface area contributed by atoms with Crippen LogP contribution in [0.15, 0.2) is 16.7 Å². The lowest BCUT2D eigenvalue weighted by Crippen LogP contribution is -2.40. The van der Waals surface area contributed by atoms with Gasteiger partial charge in [-0.25, -0.2) is 0 Å². The van der Waals surface area contributed by atoms with E-state index in [9.17, 15) is 4.79 Å². The highest BCUT2D eigenvalue weighted by molar-refractivity contribution is 5.84. The zero-order valence-electron chi connectivity index (χ0n) is 10.8. The first kappa shape index (κ1) is 12.8. The number of nitrogens with zero attached hydrogens (tertiary/aromatic N) is 1. The Kier molecular flexibility index (Phi) is 4.15. The van der Waals surface area contributed by atoms with E-state index in [1.54, 1.807) is 0 Å². The number of hydrogen-bond donors (Lipinski definition) is 2. The van der Waals surface area contributed by atoms with Crippen LogP contribution in [0.4, 0.5) is 0 Å². The van der Waals surface area contributed by atoms with E-state index in [1.165, 1.54) is 0 Å². The van der Waals surface area contributed by atoms with Gasteiger partial charge in [0.25, 0.3) is 0 Å². The normalized spacial score (nSPS) is 18.2. The highest BCUT2D eigenvalue weighted by atomic mass is 16.5. The molecule has 0 radical (unpaired) electrons. The van der Waals surface area contributed by atoms with Crippen molar-refractivity contribution in [2.75, 3.05) is 13.1 Å². The van der Waals surface area contributed by atoms with E-state index >= 15 is 0 Å². The number of rotatable bonds is 5. The maximum absolute atomic E-state index is 11.7. The van der Waals surface area contributed by atoms with Crippen molar-refractivity contribution < 1.29 is 9.32 Å². The van der Waals surface area contributed by atoms with E-state index in [0.29, 0.717) is 6.54 Å². The van der Waals surface area contributed by atoms with Crippen LogP contribution in [0.5, 0.6) is 0 Å². The summed E-state index contributed by atoms with van der Waals surface area (Å²) in [6.45, 7) is 5.31. The second-order valence-corrected chi connectivity index (χ2v) is 4.51. The molecular weight excluding hydrogens is 230 g/mol. The topological polar surface area (TPSA) is 67.2 Å². The lowest BCUT2D eigenvalue weighted by Gasteiger charge is -2.09. The molecule has 0 saturated carbocycles. The van der Waals surface area contributed by atoms with Gasteiger partial charge in [0, 0.05) is 18.7 Å². The van der Waals surface area contributed by atoms with Crippen molar-refractivity contribution in [3.63, 3.8) is 0 Å². The van der Waals surface area contributed by atoms with Crippen LogP contribution in [0, 0.1) is 13.8 Å². The summed E-state index contributed by atoms with van der Waals surface area (Å²) in [5, 5.41) is 9.91. The molecule has 1 atom stereocenters. The molecule has 0 saturated heterocycles. The van der Waals surface area contributed by atoms with Crippen molar-refractivity contribution in [3.8, 4) is 0 Å². The summed E-state index contributed by atoms with van der Waals surface area (Å²) in [4.78, 5) is 11.7. The lowest BCUT2D eigenvalue weighted by molar-refractivity contribution is -0.121. The zero-order chi connectivity index (χ0) is 13.0. The van der Waals surface area contributed by atoms with E-state index in [2.05, 4.69) is 15.8 Å². The molecule has 0 fully saturated rings. The SMILES string of the molecule is Cc1noc(C)c1CCCNC(=O)C1C=CCN1. The maximum atomic E-state index is 11.7. The minimum atomic E-state index is -0.163. The minimum Gasteiger partial charge on any atom is -0.361 e. The molecule has 2 heterocycles. The fraction of sp³-hybridized carbons (Fsp3) is 0.538. The predicted octanol–water partition coefficient (Wildman–Crippen LogP) is 0.868. The van der Waals surface area contributed by atoms with Crippen LogP contribution in [0.1, 0.15) is 23.4 Å². The summed E-state index contributed by atoms with van der Waals surface area (Å²) in [5.41, 5.74) is 2.10. The third kappa shape index (κ3) is 2.98. The lowest BCUT2D eigenvalue weighted by atomic mass is 10.1. The summed E-state index contributed by atoms with van der Waals surface area (Å²) in [6.07, 6.45) is 5.64. The fourth-order valence-corrected chi connectivity index (χ4v) is 2.09. The molecule has 1 aromatic rings. The van der Waals surface area contributed by atoms with Gasteiger partial charge in [0.15, 0.2) is 0 Å². The zero-order valence-corrected chi connectivity index (χ0v) is 10.8. The van der Waals surface area contributed by atoms with Gasteiger partial charge in [-0.1, -0.05) is 17.3 Å². The van der Waals surface area contributed by atoms with Gasteiger partial charge in [0.1, 0.15) is 11.8 Å². The van der Waals surface area contributed by atoms with Crippen molar-refractivity contribution in [1.29, 1.82) is 0 Å². The molecule has 0 bridgehead atoms. The molecule has 2 rings (SSSR count). The summed E-state index contributed by atoms with van der Waals surface area (Å²) in [5.74, 6) is 0.918. The van der Waals surface area contributed by atoms with Gasteiger partial charge < -0.3 is 9.84 Å². The van der Waals surface area contributed by atoms with Crippen molar-refractivity contribution in [1.82, 2.24) is 15.8 Å². The number of hydrogen-bond acceptors (Lipinski definition) is 4. The summed E-state index contributed by atoms with van der Waals surface area (Å²) in [6, 6.07) is -0.163. The molecule has 0 aromatic carbocycles. The van der Waals surface area contributed by atoms with Gasteiger partial charge >= 0.3 is 0 Å². The standard InChI is InChI=1S/C13H19N3O2/c1-9-11(10(2)18-16-9)5-3-8-15-13(17)12-6-4-7-14-12/h4,6,12,14H,3,5,7-8H2,1-2H3,(H,15,17). The predicted molar refractivity (Wildman–Crippen MR) is 68.2 cm³/mol. The van der Waals surface area contributed by atoms with Crippen LogP contribution >= 0.6 is 0 Å². The van der Waals surface area contributed by atoms with Gasteiger partial charge in [0.2, 0.25) is 5.91 Å². The number of nitrogens with one attached hydrogen (secondary N) is 2. The average molecular weight is 249 g/mol. The Morgan fingerprint density at radius 1 is 1.61 bits per heavy atom. The minimum absolute atomic E-state index is 0.0440. The molecule has 1 amide bonds. The maximum Gasteiger partial charge on any atom is 0.241 e. The number of carbonyl (C=O) groups is 1. The summed E-state index contributed by atoms with van der Waals surface area (Å²) < 4.78 is 5.10. The van der Waals surface area contributed by atoms with Crippen molar-refractivity contribution in [2.45, 2.75) is 32.7 Å². The van der Waals surface area contributed by atoms with Crippen LogP contribution in [0.2, 0.25) is 0 Å². The Labute approximate surface area is 107 Å². The van der Waals surface area contributed by atoms with Gasteiger partial charge in [-0.3, -0.25) is 10.1 Å². The van der Waals surface area contributed by atoms with Crippen LogP contribution in [-0.4, -0.2) is 30.2 Å². The highest BCUT2D eigenvalue weighted by Crippen LogP contribution is 2.13. The Morgan fingerprint density at radius 3 is 3.06 bits per heavy atom. The molecule has 5 heteroatoms. The van der Waals surface area contributed by atoms with Gasteiger partial charge in [-0.05, 0) is 26.7 Å². The second-order valence-electron chi connectivity index (χ2n) is 4.51. The fourth-order valence-electron chi connectivity index (χ4n) is 2.09. The Bertz CT molecular complexity index is 432. The molecule has 1 aromatic heterocycles. The van der Waals surface area contributed by atoms with Crippen molar-refractivity contribution in [3.05, 3.63) is 29.2 Å². The Balaban J connectivity index is 1.70. The van der Waals surface area contributed by atoms with E-state index in [0.717, 1.165) is 36.4 Å². The van der Waals surface area contributed by atoms with Gasteiger partial charge in [-0.2, -0.15) is 0 Å². The number of carbonyl (C=O) groups excluding carboxylic acids is 1. The van der Waals surface area contributed by atoms with Crippen LogP contribution < -0.4 is 10.6 Å². The first-order valence-electron chi connectivity index (χ1n) is 6.28. The first-order chi connectivity index (χ1) is 8.68. The van der Waals surface area contributed by atoms with Crippen LogP contribution in [0.3, 0.4) is 0 Å². The molecule has 0 aliphatic carbocycles. The van der Waals surface area contributed by atoms with E-state index in [1.807, 2.05) is 26.0 Å². The summed E-state index contributed by atoms with van der Waals surface area (Å²) >= 11 is 0. The Hall–Kier alpha value is -1.62. The third-order valence-electron chi connectivity index (χ3n) is 3.15. The van der Waals surface area contributed by atoms with Crippen molar-refractivity contribution >= 4 is 5.91 Å². The van der Waals surface area contributed by atoms with Gasteiger partial charge in [-0.15, -0.1) is 0 Å². The number of aryl methyl sites for hydroxylation is 2. The summed E-state index contributed by atoms with van der Waals surface area (Å²) in [7, 11) is 0. The molecule has 1 aliphatic heterocycles. The quantitative estimate of drug-likeness (QED) is 0.600. The largest absolute Gasteiger partial charge is 0.361 e. The highest BCUT2D eigenvalue weighted by Gasteiger charge is 2.16. The van der Waals surface area contributed by atoms with Gasteiger partial charge in [0.05, 0.1) is 5.69 Å². The molecule has 1 aliphatic rings. The molecule has 18 heavy (non-hydrogen) atoms. The monoisotopic (exact) mass is 249 g/mol. The van der Waals surface area contributed by atoms with E-state index in [4.69, 9.17) is 4.52 Å². The third-order valence-corrected chi connectivity index (χ3v) is 3.15. The van der Waals surface area contributed by atoms with Crippen LogP contribution in [-0.2, 0) is 11.2 Å². The molecule has 98 valence electrons. The smallest absolute Gasteiger partial charge is 0.241 e.